The van der Waals surface area contributed by atoms with Gasteiger partial charge in [-0.25, -0.2) is 0 Å². The standard InChI is InChI=1S/B.Ca.Mg.Zn. The summed E-state index contributed by atoms with van der Waals surface area (Å²) in [5.41, 5.74) is 0. The molecule has 0 aliphatic heterocycles. The van der Waals surface area contributed by atoms with Crippen LogP contribution in [0.15, 0.2) is 0 Å². The molecule has 4 heteroatoms. The van der Waals surface area contributed by atoms with Gasteiger partial charge in [0, 0.05) is 88.7 Å². The Balaban J connectivity index is 0. The van der Waals surface area contributed by atoms with E-state index in [1.54, 1.807) is 0 Å². The Bertz CT molecular complexity index is 8.00. The van der Waals surface area contributed by atoms with Gasteiger partial charge < -0.3 is 0 Å². The molecule has 0 aliphatic rings. The largest absolute Gasteiger partial charge is 0 e. The molecule has 9 valence electrons. The van der Waals surface area contributed by atoms with Crippen LogP contribution in [0.25, 0.3) is 0 Å². The predicted octanol–water partition coefficient (Wildman–Crippen LogP) is -1.14. The number of hydrogen-bond acceptors (Lipinski definition) is 0. The second kappa shape index (κ2) is 17.2. The third-order valence-corrected chi connectivity index (χ3v) is 0. The van der Waals surface area contributed by atoms with E-state index in [4.69, 9.17) is 0 Å². The van der Waals surface area contributed by atoms with Crippen LogP contribution in [0.5, 0.6) is 0 Å². The normalized spacial score (nSPS) is 0. The minimum Gasteiger partial charge on any atom is 0 e. The molecule has 0 aromatic heterocycles. The van der Waals surface area contributed by atoms with Crippen LogP contribution in [-0.4, -0.2) is 69.2 Å². The molecule has 0 aromatic carbocycles. The fraction of sp³-hybridized carbons (Fsp3) is 0. The third kappa shape index (κ3) is 8.83. The Hall–Kier alpha value is 2.71. The Morgan fingerprint density at radius 2 is 1.00 bits per heavy atom. The fourth-order valence-corrected chi connectivity index (χ4v) is 0. The molecule has 0 saturated heterocycles. The molecule has 0 nitrogen and oxygen atoms in total. The van der Waals surface area contributed by atoms with Crippen LogP contribution < -0.4 is 0 Å². The topological polar surface area (TPSA) is 0 Å². The molecule has 0 atom stereocenters. The van der Waals surface area contributed by atoms with E-state index in [1.807, 2.05) is 0 Å². The van der Waals surface area contributed by atoms with Gasteiger partial charge in [-0.2, -0.15) is 0 Å². The zero-order chi connectivity index (χ0) is 0. The molecule has 0 heterocycles. The first-order valence-corrected chi connectivity index (χ1v) is 0. The maximum atomic E-state index is 0. The van der Waals surface area contributed by atoms with Gasteiger partial charge in [-0.3, -0.25) is 0 Å². The summed E-state index contributed by atoms with van der Waals surface area (Å²) in [6.07, 6.45) is 0. The van der Waals surface area contributed by atoms with Crippen LogP contribution >= 0.6 is 0 Å². The van der Waals surface area contributed by atoms with E-state index < -0.39 is 0 Å². The van der Waals surface area contributed by atoms with Gasteiger partial charge in [0.1, 0.15) is 0 Å². The van der Waals surface area contributed by atoms with Crippen molar-refractivity contribution >= 4 is 69.2 Å². The van der Waals surface area contributed by atoms with Crippen molar-refractivity contribution in [3.63, 3.8) is 0 Å². The predicted molar refractivity (Wildman–Crippen MR) is 17.3 cm³/mol. The monoisotopic (exact) mass is 139 g/mol. The summed E-state index contributed by atoms with van der Waals surface area (Å²) in [6.45, 7) is 0. The van der Waals surface area contributed by atoms with Crippen LogP contribution in [0.3, 0.4) is 0 Å². The summed E-state index contributed by atoms with van der Waals surface area (Å²) in [7, 11) is 0. The molecule has 7 radical (unpaired) electrons. The molecule has 0 unspecified atom stereocenters. The molecular formula is BCaMgZn. The molecular weight excluding hydrogens is 141 g/mol. The van der Waals surface area contributed by atoms with E-state index in [-0.39, 0.29) is 88.7 Å². The molecule has 0 amide bonds. The van der Waals surface area contributed by atoms with Gasteiger partial charge in [0.25, 0.3) is 0 Å². The Morgan fingerprint density at radius 3 is 1.00 bits per heavy atom. The van der Waals surface area contributed by atoms with Gasteiger partial charge in [-0.15, -0.1) is 0 Å². The molecule has 0 bridgehead atoms. The molecule has 0 spiro atoms. The summed E-state index contributed by atoms with van der Waals surface area (Å²) in [5, 5.41) is 0. The van der Waals surface area contributed by atoms with Gasteiger partial charge in [0.05, 0.1) is 0 Å². The molecule has 0 fully saturated rings. The second-order valence-electron chi connectivity index (χ2n) is 0. The number of hydrogen-bond donors (Lipinski definition) is 0. The summed E-state index contributed by atoms with van der Waals surface area (Å²) in [5.74, 6) is 0. The van der Waals surface area contributed by atoms with Gasteiger partial charge in [-0.05, 0) is 0 Å². The van der Waals surface area contributed by atoms with Gasteiger partial charge in [0.2, 0.25) is 0 Å². The van der Waals surface area contributed by atoms with E-state index in [0.717, 1.165) is 0 Å². The van der Waals surface area contributed by atoms with Crippen molar-refractivity contribution in [3.05, 3.63) is 0 Å². The maximum Gasteiger partial charge on any atom is 0 e. The van der Waals surface area contributed by atoms with Crippen LogP contribution in [0.4, 0.5) is 0 Å². The summed E-state index contributed by atoms with van der Waals surface area (Å²) < 4.78 is 0. The zero-order valence-corrected chi connectivity index (χ0v) is 9.29. The van der Waals surface area contributed by atoms with E-state index in [2.05, 4.69) is 0 Å². The molecule has 0 saturated carbocycles. The van der Waals surface area contributed by atoms with Crippen LogP contribution in [0, 0.1) is 0 Å². The SMILES string of the molecule is [B].[Ca].[Mg].[Zn]. The van der Waals surface area contributed by atoms with Crippen molar-refractivity contribution in [2.45, 2.75) is 0 Å². The first kappa shape index (κ1) is 29.8. The Labute approximate surface area is 87.0 Å². The molecule has 0 aromatic rings. The summed E-state index contributed by atoms with van der Waals surface area (Å²) in [6, 6.07) is 0. The van der Waals surface area contributed by atoms with E-state index in [9.17, 15) is 0 Å². The van der Waals surface area contributed by atoms with Crippen molar-refractivity contribution in [1.29, 1.82) is 0 Å². The first-order valence-electron chi connectivity index (χ1n) is 0. The van der Waals surface area contributed by atoms with E-state index >= 15 is 0 Å². The van der Waals surface area contributed by atoms with Gasteiger partial charge >= 0.3 is 0 Å². The van der Waals surface area contributed by atoms with Crippen molar-refractivity contribution in [1.82, 2.24) is 0 Å². The zero-order valence-electron chi connectivity index (χ0n) is 2.70. The van der Waals surface area contributed by atoms with Crippen LogP contribution in [-0.2, 0) is 19.5 Å². The van der Waals surface area contributed by atoms with Crippen molar-refractivity contribution in [3.8, 4) is 0 Å². The second-order valence-corrected chi connectivity index (χ2v) is 0. The minimum absolute atomic E-state index is 0. The number of rotatable bonds is 0. The molecule has 0 rings (SSSR count). The van der Waals surface area contributed by atoms with Gasteiger partial charge in [0.15, 0.2) is 0 Å². The summed E-state index contributed by atoms with van der Waals surface area (Å²) in [4.78, 5) is 0. The Morgan fingerprint density at radius 1 is 1.00 bits per heavy atom. The first-order chi connectivity index (χ1) is 0. The smallest absolute Gasteiger partial charge is 0 e. The van der Waals surface area contributed by atoms with E-state index in [0.29, 0.717) is 0 Å². The van der Waals surface area contributed by atoms with Gasteiger partial charge in [-0.1, -0.05) is 0 Å². The average molecular weight is 141 g/mol. The van der Waals surface area contributed by atoms with Crippen LogP contribution in [0.2, 0.25) is 0 Å². The average Bonchev–Trinajstić information content (AvgIpc) is 0. The quantitative estimate of drug-likeness (QED) is 0.373. The maximum absolute atomic E-state index is 0. The summed E-state index contributed by atoms with van der Waals surface area (Å²) >= 11 is 0. The fourth-order valence-electron chi connectivity index (χ4n) is 0. The van der Waals surface area contributed by atoms with Crippen molar-refractivity contribution in [2.75, 3.05) is 0 Å². The minimum atomic E-state index is 0. The molecule has 4 heavy (non-hydrogen) atoms. The van der Waals surface area contributed by atoms with E-state index in [1.165, 1.54) is 0 Å². The Kier molecular flexibility index (Phi) is 128. The molecule has 0 aliphatic carbocycles. The van der Waals surface area contributed by atoms with Crippen molar-refractivity contribution in [2.24, 2.45) is 0 Å². The third-order valence-electron chi connectivity index (χ3n) is 0. The van der Waals surface area contributed by atoms with Crippen molar-refractivity contribution < 1.29 is 19.5 Å². The van der Waals surface area contributed by atoms with Crippen LogP contribution in [0.1, 0.15) is 0 Å². The molecule has 0 N–H and O–H groups in total.